The highest BCUT2D eigenvalue weighted by Gasteiger charge is 2.22. The first-order valence-corrected chi connectivity index (χ1v) is 5.69. The number of sulfonamides is 1. The van der Waals surface area contributed by atoms with E-state index < -0.39 is 10.0 Å². The second-order valence-corrected chi connectivity index (χ2v) is 4.93. The molecule has 0 bridgehead atoms. The molecule has 6 heteroatoms. The minimum Gasteiger partial charge on any atom is -0.342 e. The van der Waals surface area contributed by atoms with Crippen LogP contribution in [-0.4, -0.2) is 14.3 Å². The third-order valence-corrected chi connectivity index (χ3v) is 3.45. The quantitative estimate of drug-likeness (QED) is 0.740. The predicted octanol–water partition coefficient (Wildman–Crippen LogP) is 1.87. The van der Waals surface area contributed by atoms with Crippen LogP contribution in [0.1, 0.15) is 6.92 Å². The van der Waals surface area contributed by atoms with E-state index in [1.807, 2.05) is 0 Å². The average molecular weight is 231 g/mol. The van der Waals surface area contributed by atoms with E-state index in [1.165, 1.54) is 12.1 Å². The number of nitrogens with one attached hydrogen (secondary N) is 1. The largest absolute Gasteiger partial charge is 0.342 e. The molecule has 0 atom stereocenters. The van der Waals surface area contributed by atoms with Crippen molar-refractivity contribution in [2.75, 3.05) is 5.32 Å². The fourth-order valence-electron chi connectivity index (χ4n) is 1.27. The molecule has 0 spiro atoms. The van der Waals surface area contributed by atoms with Crippen molar-refractivity contribution in [1.29, 1.82) is 0 Å². The van der Waals surface area contributed by atoms with Gasteiger partial charge in [0.1, 0.15) is 10.7 Å². The molecule has 0 saturated heterocycles. The van der Waals surface area contributed by atoms with Gasteiger partial charge in [0.05, 0.1) is 5.69 Å². The van der Waals surface area contributed by atoms with E-state index in [4.69, 9.17) is 11.6 Å². The summed E-state index contributed by atoms with van der Waals surface area (Å²) in [5.41, 5.74) is 0.477. The van der Waals surface area contributed by atoms with Gasteiger partial charge in [-0.05, 0) is 25.1 Å². The summed E-state index contributed by atoms with van der Waals surface area (Å²) in [5.74, 6) is 0.347. The second-order valence-electron chi connectivity index (χ2n) is 2.92. The van der Waals surface area contributed by atoms with Crippen LogP contribution in [0.3, 0.4) is 0 Å². The first-order chi connectivity index (χ1) is 6.49. The Balaban J connectivity index is 2.71. The zero-order valence-corrected chi connectivity index (χ0v) is 8.85. The van der Waals surface area contributed by atoms with E-state index in [-0.39, 0.29) is 4.90 Å². The van der Waals surface area contributed by atoms with E-state index in [9.17, 15) is 8.42 Å². The first-order valence-electron chi connectivity index (χ1n) is 3.87. The zero-order chi connectivity index (χ0) is 10.3. The summed E-state index contributed by atoms with van der Waals surface area (Å²) in [5, 5.41) is 3.33. The molecular weight excluding hydrogens is 224 g/mol. The van der Waals surface area contributed by atoms with Gasteiger partial charge in [0.15, 0.2) is 0 Å². The van der Waals surface area contributed by atoms with Crippen molar-refractivity contribution in [3.8, 4) is 0 Å². The molecule has 0 unspecified atom stereocenters. The highest BCUT2D eigenvalue weighted by Crippen LogP contribution is 2.29. The number of hydrogen-bond donors (Lipinski definition) is 1. The van der Waals surface area contributed by atoms with Crippen molar-refractivity contribution in [2.45, 2.75) is 11.8 Å². The van der Waals surface area contributed by atoms with Crippen LogP contribution in [0.2, 0.25) is 5.02 Å². The number of halogens is 1. The molecule has 0 saturated carbocycles. The van der Waals surface area contributed by atoms with Crippen LogP contribution in [0.25, 0.3) is 0 Å². The smallest absolute Gasteiger partial charge is 0.286 e. The normalized spacial score (nSPS) is 18.0. The van der Waals surface area contributed by atoms with Gasteiger partial charge < -0.3 is 5.32 Å². The van der Waals surface area contributed by atoms with Crippen LogP contribution < -0.4 is 5.32 Å². The third kappa shape index (κ3) is 1.49. The molecule has 1 aromatic carbocycles. The van der Waals surface area contributed by atoms with Gasteiger partial charge in [-0.2, -0.15) is 8.42 Å². The molecule has 0 aliphatic carbocycles. The van der Waals surface area contributed by atoms with Gasteiger partial charge in [-0.3, -0.25) is 0 Å². The number of benzene rings is 1. The molecule has 4 nitrogen and oxygen atoms in total. The van der Waals surface area contributed by atoms with Gasteiger partial charge in [-0.1, -0.05) is 11.6 Å². The highest BCUT2D eigenvalue weighted by atomic mass is 35.5. The van der Waals surface area contributed by atoms with Crippen LogP contribution in [0.4, 0.5) is 5.69 Å². The lowest BCUT2D eigenvalue weighted by molar-refractivity contribution is 0.598. The monoisotopic (exact) mass is 230 g/mol. The Kier molecular flexibility index (Phi) is 2.01. The van der Waals surface area contributed by atoms with E-state index in [1.54, 1.807) is 13.0 Å². The Morgan fingerprint density at radius 2 is 2.14 bits per heavy atom. The molecular formula is C8H7ClN2O2S. The molecule has 0 aromatic heterocycles. The fourth-order valence-corrected chi connectivity index (χ4v) is 2.58. The Labute approximate surface area is 86.7 Å². The van der Waals surface area contributed by atoms with Crippen LogP contribution in [0.15, 0.2) is 27.5 Å². The molecule has 0 amide bonds. The van der Waals surface area contributed by atoms with Crippen LogP contribution in [0, 0.1) is 0 Å². The molecule has 2 rings (SSSR count). The molecule has 1 aliphatic rings. The van der Waals surface area contributed by atoms with Crippen molar-refractivity contribution in [3.05, 3.63) is 23.2 Å². The summed E-state index contributed by atoms with van der Waals surface area (Å²) in [6.07, 6.45) is 0. The van der Waals surface area contributed by atoms with Gasteiger partial charge in [0, 0.05) is 5.02 Å². The van der Waals surface area contributed by atoms with Gasteiger partial charge in [0.2, 0.25) is 0 Å². The van der Waals surface area contributed by atoms with Crippen LogP contribution in [0.5, 0.6) is 0 Å². The Hall–Kier alpha value is -1.07. The van der Waals surface area contributed by atoms with Crippen molar-refractivity contribution in [2.24, 2.45) is 4.40 Å². The summed E-state index contributed by atoms with van der Waals surface area (Å²) in [7, 11) is -3.54. The molecule has 1 aliphatic heterocycles. The van der Waals surface area contributed by atoms with Gasteiger partial charge in [-0.25, -0.2) is 0 Å². The maximum Gasteiger partial charge on any atom is 0.286 e. The van der Waals surface area contributed by atoms with Crippen molar-refractivity contribution < 1.29 is 8.42 Å². The van der Waals surface area contributed by atoms with Gasteiger partial charge in [-0.15, -0.1) is 4.40 Å². The summed E-state index contributed by atoms with van der Waals surface area (Å²) < 4.78 is 26.6. The van der Waals surface area contributed by atoms with E-state index in [0.717, 1.165) is 0 Å². The zero-order valence-electron chi connectivity index (χ0n) is 7.28. The second kappa shape index (κ2) is 2.96. The SMILES string of the molecule is CC1=NS(=O)(=O)c2ccc(Cl)cc2N1. The lowest BCUT2D eigenvalue weighted by Crippen LogP contribution is -2.18. The van der Waals surface area contributed by atoms with Crippen molar-refractivity contribution >= 4 is 33.1 Å². The first kappa shape index (κ1) is 9.48. The summed E-state index contributed by atoms with van der Waals surface area (Å²) >= 11 is 5.74. The molecule has 1 heterocycles. The highest BCUT2D eigenvalue weighted by molar-refractivity contribution is 7.90. The van der Waals surface area contributed by atoms with E-state index >= 15 is 0 Å². The maximum absolute atomic E-state index is 11.5. The Morgan fingerprint density at radius 1 is 1.43 bits per heavy atom. The molecule has 1 N–H and O–H groups in total. The lowest BCUT2D eigenvalue weighted by atomic mass is 10.3. The number of nitrogens with zero attached hydrogens (tertiary/aromatic N) is 1. The van der Waals surface area contributed by atoms with Crippen molar-refractivity contribution in [1.82, 2.24) is 0 Å². The average Bonchev–Trinajstić information content (AvgIpc) is 2.00. The Bertz CT molecular complexity index is 522. The number of amidine groups is 1. The molecule has 74 valence electrons. The number of anilines is 1. The molecule has 0 fully saturated rings. The topological polar surface area (TPSA) is 58.5 Å². The minimum atomic E-state index is -3.54. The molecule has 1 aromatic rings. The van der Waals surface area contributed by atoms with E-state index in [2.05, 4.69) is 9.71 Å². The number of fused-ring (bicyclic) bond motifs is 1. The third-order valence-electron chi connectivity index (χ3n) is 1.79. The standard InChI is InChI=1S/C8H7ClN2O2S/c1-5-10-7-4-6(9)2-3-8(7)14(12,13)11-5/h2-4H,1H3,(H,10,11). The van der Waals surface area contributed by atoms with Gasteiger partial charge in [0.25, 0.3) is 10.0 Å². The maximum atomic E-state index is 11.5. The lowest BCUT2D eigenvalue weighted by Gasteiger charge is -2.15. The van der Waals surface area contributed by atoms with Crippen molar-refractivity contribution in [3.63, 3.8) is 0 Å². The van der Waals surface area contributed by atoms with Crippen LogP contribution >= 0.6 is 11.6 Å². The van der Waals surface area contributed by atoms with Gasteiger partial charge >= 0.3 is 0 Å². The Morgan fingerprint density at radius 3 is 2.86 bits per heavy atom. The van der Waals surface area contributed by atoms with E-state index in [0.29, 0.717) is 16.5 Å². The predicted molar refractivity (Wildman–Crippen MR) is 55.4 cm³/mol. The van der Waals surface area contributed by atoms with Crippen LogP contribution in [-0.2, 0) is 10.0 Å². The summed E-state index contributed by atoms with van der Waals surface area (Å²) in [4.78, 5) is 0.160. The summed E-state index contributed by atoms with van der Waals surface area (Å²) in [6.45, 7) is 1.58. The summed E-state index contributed by atoms with van der Waals surface area (Å²) in [6, 6.07) is 4.53. The molecule has 0 radical (unpaired) electrons. The number of rotatable bonds is 0. The fraction of sp³-hybridized carbons (Fsp3) is 0.125. The minimum absolute atomic E-state index is 0.160. The number of hydrogen-bond acceptors (Lipinski definition) is 3. The molecule has 14 heavy (non-hydrogen) atoms.